The lowest BCUT2D eigenvalue weighted by Crippen LogP contribution is -2.46. The number of aromatic nitrogens is 2. The lowest BCUT2D eigenvalue weighted by molar-refractivity contribution is -0.123. The number of amides is 2. The normalized spacial score (nSPS) is 10.9. The molecule has 0 atom stereocenters. The molecule has 0 spiro atoms. The van der Waals surface area contributed by atoms with Crippen molar-refractivity contribution in [3.05, 3.63) is 48.4 Å². The molecule has 3 rings (SSSR count). The van der Waals surface area contributed by atoms with Gasteiger partial charge in [0.05, 0.1) is 25.6 Å². The summed E-state index contributed by atoms with van der Waals surface area (Å²) in [6, 6.07) is 6.53. The van der Waals surface area contributed by atoms with Crippen molar-refractivity contribution in [2.75, 3.05) is 13.1 Å². The standard InChI is InChI=1S/C17H19N5O5/c1-2-7-22(10-14(23)18-20-16(24)12-5-3-8-25-12)11-15-19-21-17(27-15)13-6-4-9-26-13/h3-6,8-9H,2,7,10-11H2,1H3,(H,18,23)(H,20,24). The molecular weight excluding hydrogens is 354 g/mol. The molecular formula is C17H19N5O5. The third kappa shape index (κ3) is 5.05. The van der Waals surface area contributed by atoms with Crippen molar-refractivity contribution in [2.45, 2.75) is 19.9 Å². The van der Waals surface area contributed by atoms with Gasteiger partial charge in [0.15, 0.2) is 11.5 Å². The highest BCUT2D eigenvalue weighted by molar-refractivity contribution is 5.93. The first-order valence-corrected chi connectivity index (χ1v) is 8.37. The van der Waals surface area contributed by atoms with Crippen LogP contribution in [0.5, 0.6) is 0 Å². The lowest BCUT2D eigenvalue weighted by Gasteiger charge is -2.19. The monoisotopic (exact) mass is 373 g/mol. The van der Waals surface area contributed by atoms with Crippen molar-refractivity contribution < 1.29 is 22.8 Å². The van der Waals surface area contributed by atoms with Crippen LogP contribution in [0, 0.1) is 0 Å². The van der Waals surface area contributed by atoms with Crippen molar-refractivity contribution in [3.63, 3.8) is 0 Å². The minimum absolute atomic E-state index is 0.0464. The Morgan fingerprint density at radius 2 is 1.93 bits per heavy atom. The van der Waals surface area contributed by atoms with Crippen LogP contribution in [0.15, 0.2) is 50.0 Å². The first-order chi connectivity index (χ1) is 13.2. The molecule has 0 fully saturated rings. The highest BCUT2D eigenvalue weighted by atomic mass is 16.4. The predicted octanol–water partition coefficient (Wildman–Crippen LogP) is 1.60. The topological polar surface area (TPSA) is 127 Å². The summed E-state index contributed by atoms with van der Waals surface area (Å²) in [7, 11) is 0. The fourth-order valence-electron chi connectivity index (χ4n) is 2.38. The maximum Gasteiger partial charge on any atom is 0.305 e. The number of carbonyl (C=O) groups is 2. The summed E-state index contributed by atoms with van der Waals surface area (Å²) in [6.45, 7) is 2.97. The van der Waals surface area contributed by atoms with Gasteiger partial charge in [-0.15, -0.1) is 10.2 Å². The molecule has 0 aliphatic carbocycles. The first-order valence-electron chi connectivity index (χ1n) is 8.37. The molecule has 0 bridgehead atoms. The molecule has 0 aliphatic rings. The zero-order valence-electron chi connectivity index (χ0n) is 14.7. The Morgan fingerprint density at radius 3 is 2.63 bits per heavy atom. The second-order valence-corrected chi connectivity index (χ2v) is 5.67. The number of nitrogens with zero attached hydrogens (tertiary/aromatic N) is 3. The fraction of sp³-hybridized carbons (Fsp3) is 0.294. The third-order valence-corrected chi connectivity index (χ3v) is 3.53. The second kappa shape index (κ2) is 8.81. The third-order valence-electron chi connectivity index (χ3n) is 3.53. The molecule has 0 saturated heterocycles. The summed E-state index contributed by atoms with van der Waals surface area (Å²) in [5.74, 6) is 0.319. The van der Waals surface area contributed by atoms with Crippen LogP contribution in [0.25, 0.3) is 11.7 Å². The van der Waals surface area contributed by atoms with E-state index in [1.807, 2.05) is 11.8 Å². The zero-order valence-corrected chi connectivity index (χ0v) is 14.7. The number of rotatable bonds is 8. The molecule has 10 nitrogen and oxygen atoms in total. The molecule has 27 heavy (non-hydrogen) atoms. The SMILES string of the molecule is CCCN(CC(=O)NNC(=O)c1ccco1)Cc1nnc(-c2ccco2)o1. The van der Waals surface area contributed by atoms with Crippen LogP contribution in [-0.4, -0.2) is 40.0 Å². The van der Waals surface area contributed by atoms with Crippen LogP contribution in [0.1, 0.15) is 29.8 Å². The Morgan fingerprint density at radius 1 is 1.11 bits per heavy atom. The molecule has 3 aromatic heterocycles. The molecule has 3 aromatic rings. The summed E-state index contributed by atoms with van der Waals surface area (Å²) in [6.07, 6.45) is 3.72. The first kappa shape index (κ1) is 18.4. The molecule has 0 unspecified atom stereocenters. The maximum atomic E-state index is 12.1. The number of nitrogens with one attached hydrogen (secondary N) is 2. The number of hydrogen-bond donors (Lipinski definition) is 2. The van der Waals surface area contributed by atoms with E-state index < -0.39 is 5.91 Å². The van der Waals surface area contributed by atoms with Crippen LogP contribution in [0.4, 0.5) is 0 Å². The van der Waals surface area contributed by atoms with E-state index in [4.69, 9.17) is 13.3 Å². The highest BCUT2D eigenvalue weighted by Gasteiger charge is 2.17. The minimum atomic E-state index is -0.532. The summed E-state index contributed by atoms with van der Waals surface area (Å²) >= 11 is 0. The molecule has 142 valence electrons. The van der Waals surface area contributed by atoms with Gasteiger partial charge in [-0.05, 0) is 37.2 Å². The Bertz CT molecular complexity index is 856. The summed E-state index contributed by atoms with van der Waals surface area (Å²) < 4.78 is 15.7. The Labute approximate surface area is 154 Å². The van der Waals surface area contributed by atoms with Crippen LogP contribution in [-0.2, 0) is 11.3 Å². The quantitative estimate of drug-likeness (QED) is 0.570. The van der Waals surface area contributed by atoms with Crippen molar-refractivity contribution in [2.24, 2.45) is 0 Å². The van der Waals surface area contributed by atoms with Crippen LogP contribution >= 0.6 is 0 Å². The zero-order chi connectivity index (χ0) is 19.1. The van der Waals surface area contributed by atoms with Gasteiger partial charge in [0.2, 0.25) is 5.89 Å². The van der Waals surface area contributed by atoms with Gasteiger partial charge in [-0.1, -0.05) is 6.92 Å². The highest BCUT2D eigenvalue weighted by Crippen LogP contribution is 2.18. The fourth-order valence-corrected chi connectivity index (χ4v) is 2.38. The van der Waals surface area contributed by atoms with E-state index in [-0.39, 0.29) is 24.1 Å². The van der Waals surface area contributed by atoms with Gasteiger partial charge in [0.1, 0.15) is 0 Å². The van der Waals surface area contributed by atoms with Crippen LogP contribution in [0.3, 0.4) is 0 Å². The van der Waals surface area contributed by atoms with Gasteiger partial charge in [-0.25, -0.2) is 0 Å². The maximum absolute atomic E-state index is 12.1. The average molecular weight is 373 g/mol. The van der Waals surface area contributed by atoms with E-state index in [9.17, 15) is 9.59 Å². The summed E-state index contributed by atoms with van der Waals surface area (Å²) in [5, 5.41) is 7.91. The van der Waals surface area contributed by atoms with Crippen molar-refractivity contribution in [3.8, 4) is 11.7 Å². The smallest absolute Gasteiger partial charge is 0.305 e. The largest absolute Gasteiger partial charge is 0.459 e. The number of furan rings is 2. The van der Waals surface area contributed by atoms with Crippen molar-refractivity contribution in [1.82, 2.24) is 25.9 Å². The molecule has 2 amide bonds. The Kier molecular flexibility index (Phi) is 6.00. The van der Waals surface area contributed by atoms with Gasteiger partial charge in [-0.3, -0.25) is 25.3 Å². The molecule has 0 aliphatic heterocycles. The number of hydrazine groups is 1. The lowest BCUT2D eigenvalue weighted by atomic mass is 10.4. The molecule has 0 saturated carbocycles. The predicted molar refractivity (Wildman–Crippen MR) is 91.9 cm³/mol. The number of carbonyl (C=O) groups excluding carboxylic acids is 2. The molecule has 2 N–H and O–H groups in total. The van der Waals surface area contributed by atoms with Gasteiger partial charge >= 0.3 is 5.91 Å². The summed E-state index contributed by atoms with van der Waals surface area (Å²) in [5.41, 5.74) is 4.65. The van der Waals surface area contributed by atoms with E-state index in [2.05, 4.69) is 21.0 Å². The van der Waals surface area contributed by atoms with E-state index >= 15 is 0 Å². The van der Waals surface area contributed by atoms with Gasteiger partial charge in [0.25, 0.3) is 11.8 Å². The molecule has 10 heteroatoms. The van der Waals surface area contributed by atoms with Gasteiger partial charge < -0.3 is 13.3 Å². The van der Waals surface area contributed by atoms with E-state index in [0.29, 0.717) is 24.7 Å². The van der Waals surface area contributed by atoms with Crippen LogP contribution < -0.4 is 10.9 Å². The summed E-state index contributed by atoms with van der Waals surface area (Å²) in [4.78, 5) is 25.7. The minimum Gasteiger partial charge on any atom is -0.459 e. The molecule has 3 heterocycles. The molecule has 0 aromatic carbocycles. The van der Waals surface area contributed by atoms with E-state index in [1.54, 1.807) is 18.2 Å². The molecule has 0 radical (unpaired) electrons. The Balaban J connectivity index is 1.52. The van der Waals surface area contributed by atoms with E-state index in [1.165, 1.54) is 18.6 Å². The van der Waals surface area contributed by atoms with Crippen molar-refractivity contribution >= 4 is 11.8 Å². The van der Waals surface area contributed by atoms with Crippen molar-refractivity contribution in [1.29, 1.82) is 0 Å². The number of hydrogen-bond acceptors (Lipinski definition) is 8. The van der Waals surface area contributed by atoms with E-state index in [0.717, 1.165) is 6.42 Å². The van der Waals surface area contributed by atoms with Gasteiger partial charge in [0, 0.05) is 0 Å². The Hall–Kier alpha value is -3.40. The second-order valence-electron chi connectivity index (χ2n) is 5.67. The van der Waals surface area contributed by atoms with Crippen LogP contribution in [0.2, 0.25) is 0 Å². The van der Waals surface area contributed by atoms with Gasteiger partial charge in [-0.2, -0.15) is 0 Å². The average Bonchev–Trinajstić information content (AvgIpc) is 3.41.